The zero-order chi connectivity index (χ0) is 9.10. The molecule has 0 radical (unpaired) electrons. The molecule has 0 unspecified atom stereocenters. The predicted molar refractivity (Wildman–Crippen MR) is 57.4 cm³/mol. The highest BCUT2D eigenvalue weighted by Crippen LogP contribution is 2.25. The van der Waals surface area contributed by atoms with Crippen molar-refractivity contribution < 1.29 is 0 Å². The molecule has 13 heavy (non-hydrogen) atoms. The van der Waals surface area contributed by atoms with Crippen LogP contribution in [0.2, 0.25) is 0 Å². The Morgan fingerprint density at radius 3 is 2.31 bits per heavy atom. The molecule has 1 aliphatic carbocycles. The second-order valence-corrected chi connectivity index (χ2v) is 3.57. The molecule has 66 valence electrons. The Morgan fingerprint density at radius 2 is 1.69 bits per heavy atom. The van der Waals surface area contributed by atoms with Crippen LogP contribution in [0.15, 0.2) is 48.1 Å². The molecule has 0 aliphatic heterocycles. The van der Waals surface area contributed by atoms with Crippen LogP contribution in [0, 0.1) is 0 Å². The van der Waals surface area contributed by atoms with Gasteiger partial charge >= 0.3 is 0 Å². The van der Waals surface area contributed by atoms with Gasteiger partial charge in [0.15, 0.2) is 0 Å². The Morgan fingerprint density at radius 1 is 0.923 bits per heavy atom. The third-order valence-corrected chi connectivity index (χ3v) is 2.50. The summed E-state index contributed by atoms with van der Waals surface area (Å²) in [5.41, 5.74) is 4.32. The van der Waals surface area contributed by atoms with Crippen LogP contribution < -0.4 is 0 Å². The lowest BCUT2D eigenvalue weighted by molar-refractivity contribution is 0.977. The molecule has 0 fully saturated rings. The van der Waals surface area contributed by atoms with Gasteiger partial charge in [-0.15, -0.1) is 0 Å². The largest absolute Gasteiger partial charge is 0.0730 e. The van der Waals surface area contributed by atoms with Crippen molar-refractivity contribution in [2.24, 2.45) is 0 Å². The van der Waals surface area contributed by atoms with E-state index in [0.29, 0.717) is 0 Å². The molecule has 0 aromatic heterocycles. The van der Waals surface area contributed by atoms with Crippen molar-refractivity contribution >= 4 is 5.57 Å². The topological polar surface area (TPSA) is 0 Å². The van der Waals surface area contributed by atoms with E-state index in [1.54, 1.807) is 0 Å². The fourth-order valence-corrected chi connectivity index (χ4v) is 1.63. The molecule has 1 aromatic carbocycles. The average Bonchev–Trinajstić information content (AvgIpc) is 2.20. The maximum atomic E-state index is 2.24. The minimum Gasteiger partial charge on any atom is -0.0730 e. The first kappa shape index (κ1) is 8.31. The van der Waals surface area contributed by atoms with E-state index in [4.69, 9.17) is 0 Å². The monoisotopic (exact) mass is 170 g/mol. The summed E-state index contributed by atoms with van der Waals surface area (Å²) >= 11 is 0. The number of benzene rings is 1. The minimum absolute atomic E-state index is 1.19. The van der Waals surface area contributed by atoms with Gasteiger partial charge in [-0.25, -0.2) is 0 Å². The molecule has 1 aromatic rings. The lowest BCUT2D eigenvalue weighted by Gasteiger charge is -2.11. The van der Waals surface area contributed by atoms with Gasteiger partial charge in [0, 0.05) is 0 Å². The molecule has 0 amide bonds. The number of hydrogen-bond acceptors (Lipinski definition) is 0. The van der Waals surface area contributed by atoms with Crippen LogP contribution >= 0.6 is 0 Å². The van der Waals surface area contributed by atoms with Crippen molar-refractivity contribution in [3.05, 3.63) is 53.6 Å². The van der Waals surface area contributed by atoms with Crippen LogP contribution in [0.1, 0.15) is 25.3 Å². The van der Waals surface area contributed by atoms with Crippen LogP contribution in [-0.4, -0.2) is 0 Å². The minimum atomic E-state index is 1.19. The van der Waals surface area contributed by atoms with E-state index >= 15 is 0 Å². The van der Waals surface area contributed by atoms with Gasteiger partial charge in [0.05, 0.1) is 0 Å². The first-order valence-corrected chi connectivity index (χ1v) is 4.78. The summed E-state index contributed by atoms with van der Waals surface area (Å²) in [6.45, 7) is 2.19. The predicted octanol–water partition coefficient (Wildman–Crippen LogP) is 3.81. The SMILES string of the molecule is CC1=CC=C(c2ccccc2)CC1. The molecule has 0 atom stereocenters. The van der Waals surface area contributed by atoms with Crippen LogP contribution in [0.3, 0.4) is 0 Å². The van der Waals surface area contributed by atoms with Gasteiger partial charge in [-0.3, -0.25) is 0 Å². The Bertz CT molecular complexity index is 342. The van der Waals surface area contributed by atoms with Gasteiger partial charge in [-0.05, 0) is 30.9 Å². The molecule has 0 saturated carbocycles. The number of hydrogen-bond donors (Lipinski definition) is 0. The second-order valence-electron chi connectivity index (χ2n) is 3.57. The van der Waals surface area contributed by atoms with E-state index in [0.717, 1.165) is 0 Å². The molecule has 2 rings (SSSR count). The van der Waals surface area contributed by atoms with Crippen molar-refractivity contribution in [3.63, 3.8) is 0 Å². The zero-order valence-electron chi connectivity index (χ0n) is 7.96. The van der Waals surface area contributed by atoms with E-state index in [-0.39, 0.29) is 0 Å². The molecule has 0 nitrogen and oxygen atoms in total. The summed E-state index contributed by atoms with van der Waals surface area (Å²) in [7, 11) is 0. The molecular weight excluding hydrogens is 156 g/mol. The van der Waals surface area contributed by atoms with Crippen LogP contribution in [0.4, 0.5) is 0 Å². The normalized spacial score (nSPS) is 16.4. The van der Waals surface area contributed by atoms with Crippen LogP contribution in [0.5, 0.6) is 0 Å². The first-order chi connectivity index (χ1) is 6.36. The van der Waals surface area contributed by atoms with Gasteiger partial charge < -0.3 is 0 Å². The van der Waals surface area contributed by atoms with E-state index in [1.807, 2.05) is 0 Å². The maximum absolute atomic E-state index is 2.24. The molecular formula is C13H14. The van der Waals surface area contributed by atoms with Gasteiger partial charge in [0.2, 0.25) is 0 Å². The van der Waals surface area contributed by atoms with Gasteiger partial charge in [-0.2, -0.15) is 0 Å². The van der Waals surface area contributed by atoms with E-state index in [1.165, 1.54) is 29.6 Å². The van der Waals surface area contributed by atoms with Crippen molar-refractivity contribution in [2.75, 3.05) is 0 Å². The Balaban J connectivity index is 2.29. The van der Waals surface area contributed by atoms with Crippen LogP contribution in [0.25, 0.3) is 5.57 Å². The summed E-state index contributed by atoms with van der Waals surface area (Å²) < 4.78 is 0. The summed E-state index contributed by atoms with van der Waals surface area (Å²) in [4.78, 5) is 0. The number of rotatable bonds is 1. The van der Waals surface area contributed by atoms with Crippen LogP contribution in [-0.2, 0) is 0 Å². The quantitative estimate of drug-likeness (QED) is 0.601. The smallest absolute Gasteiger partial charge is 0.0224 e. The Labute approximate surface area is 79.6 Å². The zero-order valence-corrected chi connectivity index (χ0v) is 7.96. The fraction of sp³-hybridized carbons (Fsp3) is 0.231. The Hall–Kier alpha value is -1.30. The maximum Gasteiger partial charge on any atom is -0.0224 e. The molecule has 0 N–H and O–H groups in total. The summed E-state index contributed by atoms with van der Waals surface area (Å²) in [5, 5.41) is 0. The summed E-state index contributed by atoms with van der Waals surface area (Å²) in [6.07, 6.45) is 6.87. The highest BCUT2D eigenvalue weighted by molar-refractivity contribution is 5.68. The third kappa shape index (κ3) is 1.89. The molecule has 0 bridgehead atoms. The van der Waals surface area contributed by atoms with Gasteiger partial charge in [0.1, 0.15) is 0 Å². The van der Waals surface area contributed by atoms with Crippen molar-refractivity contribution in [2.45, 2.75) is 19.8 Å². The van der Waals surface area contributed by atoms with E-state index in [2.05, 4.69) is 49.4 Å². The first-order valence-electron chi connectivity index (χ1n) is 4.78. The van der Waals surface area contributed by atoms with Crippen molar-refractivity contribution in [1.82, 2.24) is 0 Å². The summed E-state index contributed by atoms with van der Waals surface area (Å²) in [5.74, 6) is 0. The highest BCUT2D eigenvalue weighted by Gasteiger charge is 2.04. The summed E-state index contributed by atoms with van der Waals surface area (Å²) in [6, 6.07) is 10.6. The average molecular weight is 170 g/mol. The lowest BCUT2D eigenvalue weighted by atomic mass is 9.94. The Kier molecular flexibility index (Phi) is 2.31. The molecule has 0 saturated heterocycles. The number of allylic oxidation sites excluding steroid dienone is 4. The van der Waals surface area contributed by atoms with E-state index in [9.17, 15) is 0 Å². The molecule has 0 spiro atoms. The standard InChI is InChI=1S/C13H14/c1-11-7-9-13(10-8-11)12-5-3-2-4-6-12/h2-7,9H,8,10H2,1H3. The van der Waals surface area contributed by atoms with Gasteiger partial charge in [0.25, 0.3) is 0 Å². The highest BCUT2D eigenvalue weighted by atomic mass is 14.1. The lowest BCUT2D eigenvalue weighted by Crippen LogP contribution is -1.90. The molecule has 1 aliphatic rings. The third-order valence-electron chi connectivity index (χ3n) is 2.50. The van der Waals surface area contributed by atoms with Gasteiger partial charge in [-0.1, -0.05) is 48.1 Å². The van der Waals surface area contributed by atoms with E-state index < -0.39 is 0 Å². The molecule has 0 heteroatoms. The van der Waals surface area contributed by atoms with Crippen molar-refractivity contribution in [1.29, 1.82) is 0 Å². The molecule has 0 heterocycles. The second kappa shape index (κ2) is 3.61. The fourth-order valence-electron chi connectivity index (χ4n) is 1.63. The van der Waals surface area contributed by atoms with Crippen molar-refractivity contribution in [3.8, 4) is 0 Å².